The summed E-state index contributed by atoms with van der Waals surface area (Å²) < 4.78 is 13.6. The van der Waals surface area contributed by atoms with Crippen molar-refractivity contribution in [1.29, 1.82) is 0 Å². The summed E-state index contributed by atoms with van der Waals surface area (Å²) in [5, 5.41) is 10.1. The first kappa shape index (κ1) is 17.6. The predicted molar refractivity (Wildman–Crippen MR) is 94.6 cm³/mol. The van der Waals surface area contributed by atoms with Crippen molar-refractivity contribution in [2.24, 2.45) is 0 Å². The first-order chi connectivity index (χ1) is 11.9. The molecular weight excluding hydrogens is 319 g/mol. The van der Waals surface area contributed by atoms with Crippen molar-refractivity contribution in [3.05, 3.63) is 71.0 Å². The molecule has 1 aliphatic rings. The number of β-amino-alcohol motifs (C(OH)–C–C–N with tert-alkyl or cyclic N) is 1. The Morgan fingerprint density at radius 3 is 2.72 bits per heavy atom. The van der Waals surface area contributed by atoms with Gasteiger partial charge in [-0.25, -0.2) is 4.39 Å². The number of carbonyl (C=O) groups is 1. The Bertz CT molecular complexity index is 763. The van der Waals surface area contributed by atoms with Crippen LogP contribution in [0.1, 0.15) is 33.9 Å². The first-order valence-corrected chi connectivity index (χ1v) is 8.42. The summed E-state index contributed by atoms with van der Waals surface area (Å²) in [4.78, 5) is 16.7. The maximum absolute atomic E-state index is 13.6. The molecule has 1 amide bonds. The van der Waals surface area contributed by atoms with E-state index < -0.39 is 6.10 Å². The fraction of sp³-hybridized carbons (Fsp3) is 0.350. The molecule has 1 heterocycles. The second-order valence-corrected chi connectivity index (χ2v) is 6.86. The molecule has 1 N–H and O–H groups in total. The van der Waals surface area contributed by atoms with Crippen LogP contribution in [0, 0.1) is 5.82 Å². The molecule has 25 heavy (non-hydrogen) atoms. The molecule has 2 unspecified atom stereocenters. The molecule has 0 radical (unpaired) electrons. The molecule has 1 saturated heterocycles. The molecule has 0 aromatic heterocycles. The fourth-order valence-electron chi connectivity index (χ4n) is 3.40. The number of rotatable bonds is 4. The van der Waals surface area contributed by atoms with Crippen molar-refractivity contribution in [3.63, 3.8) is 0 Å². The summed E-state index contributed by atoms with van der Waals surface area (Å²) in [7, 11) is 3.95. The van der Waals surface area contributed by atoms with Gasteiger partial charge in [0.1, 0.15) is 5.82 Å². The second-order valence-electron chi connectivity index (χ2n) is 6.86. The van der Waals surface area contributed by atoms with E-state index in [1.165, 1.54) is 12.1 Å². The molecular formula is C20H23FN2O2. The Morgan fingerprint density at radius 2 is 2.00 bits per heavy atom. The van der Waals surface area contributed by atoms with Gasteiger partial charge in [0.05, 0.1) is 12.1 Å². The maximum Gasteiger partial charge on any atom is 0.254 e. The average molecular weight is 342 g/mol. The Balaban J connectivity index is 1.87. The van der Waals surface area contributed by atoms with Crippen LogP contribution in [0.4, 0.5) is 4.39 Å². The summed E-state index contributed by atoms with van der Waals surface area (Å²) in [5.41, 5.74) is 2.36. The number of aliphatic hydroxyl groups excluding tert-OH is 1. The molecule has 132 valence electrons. The molecule has 1 aliphatic heterocycles. The lowest BCUT2D eigenvalue weighted by molar-refractivity contribution is 0.0715. The topological polar surface area (TPSA) is 43.8 Å². The summed E-state index contributed by atoms with van der Waals surface area (Å²) in [5.74, 6) is -0.467. The molecule has 5 heteroatoms. The van der Waals surface area contributed by atoms with Gasteiger partial charge in [0.2, 0.25) is 0 Å². The Kier molecular flexibility index (Phi) is 5.16. The molecule has 2 aromatic carbocycles. The highest BCUT2D eigenvalue weighted by Crippen LogP contribution is 2.33. The number of benzene rings is 2. The standard InChI is InChI=1S/C20H23FN2O2/c1-22(2)12-14-5-3-7-16(9-14)20(25)23-13-18(24)11-19(23)15-6-4-8-17(21)10-15/h3-10,18-19,24H,11-13H2,1-2H3. The Morgan fingerprint density at radius 1 is 1.24 bits per heavy atom. The van der Waals surface area contributed by atoms with Crippen LogP contribution in [-0.4, -0.2) is 47.6 Å². The average Bonchev–Trinajstić information content (AvgIpc) is 2.96. The predicted octanol–water partition coefficient (Wildman–Crippen LogP) is 2.84. The van der Waals surface area contributed by atoms with Crippen molar-refractivity contribution < 1.29 is 14.3 Å². The molecule has 0 saturated carbocycles. The number of amides is 1. The lowest BCUT2D eigenvalue weighted by atomic mass is 10.0. The molecule has 2 atom stereocenters. The van der Waals surface area contributed by atoms with Gasteiger partial charge in [0, 0.05) is 18.7 Å². The maximum atomic E-state index is 13.6. The van der Waals surface area contributed by atoms with E-state index in [9.17, 15) is 14.3 Å². The van der Waals surface area contributed by atoms with Crippen LogP contribution in [0.3, 0.4) is 0 Å². The van der Waals surface area contributed by atoms with Crippen LogP contribution in [0.5, 0.6) is 0 Å². The van der Waals surface area contributed by atoms with Gasteiger partial charge in [-0.2, -0.15) is 0 Å². The molecule has 3 rings (SSSR count). The minimum absolute atomic E-state index is 0.133. The third-order valence-corrected chi connectivity index (χ3v) is 4.45. The number of aliphatic hydroxyl groups is 1. The smallest absolute Gasteiger partial charge is 0.254 e. The largest absolute Gasteiger partial charge is 0.391 e. The molecule has 4 nitrogen and oxygen atoms in total. The van der Waals surface area contributed by atoms with E-state index in [1.807, 2.05) is 37.2 Å². The summed E-state index contributed by atoms with van der Waals surface area (Å²) in [6.45, 7) is 1.01. The quantitative estimate of drug-likeness (QED) is 0.929. The zero-order chi connectivity index (χ0) is 18.0. The van der Waals surface area contributed by atoms with Gasteiger partial charge in [-0.15, -0.1) is 0 Å². The van der Waals surface area contributed by atoms with E-state index in [0.717, 1.165) is 12.1 Å². The normalized spacial score (nSPS) is 20.3. The lowest BCUT2D eigenvalue weighted by Gasteiger charge is -2.25. The van der Waals surface area contributed by atoms with Gasteiger partial charge in [-0.3, -0.25) is 4.79 Å². The number of halogens is 1. The van der Waals surface area contributed by atoms with Gasteiger partial charge >= 0.3 is 0 Å². The summed E-state index contributed by atoms with van der Waals surface area (Å²) >= 11 is 0. The van der Waals surface area contributed by atoms with E-state index in [-0.39, 0.29) is 24.3 Å². The van der Waals surface area contributed by atoms with Crippen LogP contribution < -0.4 is 0 Å². The number of hydrogen-bond donors (Lipinski definition) is 1. The fourth-order valence-corrected chi connectivity index (χ4v) is 3.40. The number of nitrogens with zero attached hydrogens (tertiary/aromatic N) is 2. The molecule has 0 bridgehead atoms. The van der Waals surface area contributed by atoms with E-state index in [2.05, 4.69) is 0 Å². The van der Waals surface area contributed by atoms with Gasteiger partial charge in [0.15, 0.2) is 0 Å². The monoisotopic (exact) mass is 342 g/mol. The van der Waals surface area contributed by atoms with E-state index >= 15 is 0 Å². The molecule has 0 aliphatic carbocycles. The van der Waals surface area contributed by atoms with Gasteiger partial charge in [0.25, 0.3) is 5.91 Å². The van der Waals surface area contributed by atoms with E-state index in [4.69, 9.17) is 0 Å². The van der Waals surface area contributed by atoms with Crippen LogP contribution in [0.2, 0.25) is 0 Å². The third kappa shape index (κ3) is 4.06. The highest BCUT2D eigenvalue weighted by atomic mass is 19.1. The van der Waals surface area contributed by atoms with Crippen molar-refractivity contribution in [3.8, 4) is 0 Å². The minimum Gasteiger partial charge on any atom is -0.391 e. The van der Waals surface area contributed by atoms with E-state index in [1.54, 1.807) is 23.1 Å². The highest BCUT2D eigenvalue weighted by molar-refractivity contribution is 5.95. The zero-order valence-corrected chi connectivity index (χ0v) is 14.5. The van der Waals surface area contributed by atoms with Crippen molar-refractivity contribution >= 4 is 5.91 Å². The molecule has 2 aromatic rings. The van der Waals surface area contributed by atoms with Crippen molar-refractivity contribution in [2.75, 3.05) is 20.6 Å². The first-order valence-electron chi connectivity index (χ1n) is 8.42. The van der Waals surface area contributed by atoms with Gasteiger partial charge < -0.3 is 14.9 Å². The number of likely N-dealkylation sites (tertiary alicyclic amines) is 1. The molecule has 1 fully saturated rings. The van der Waals surface area contributed by atoms with E-state index in [0.29, 0.717) is 17.5 Å². The zero-order valence-electron chi connectivity index (χ0n) is 14.5. The van der Waals surface area contributed by atoms with Gasteiger partial charge in [-0.1, -0.05) is 24.3 Å². The Hall–Kier alpha value is -2.24. The number of hydrogen-bond acceptors (Lipinski definition) is 3. The van der Waals surface area contributed by atoms with Crippen LogP contribution in [0.25, 0.3) is 0 Å². The number of carbonyl (C=O) groups excluding carboxylic acids is 1. The molecule has 0 spiro atoms. The van der Waals surface area contributed by atoms with Crippen LogP contribution in [-0.2, 0) is 6.54 Å². The second kappa shape index (κ2) is 7.33. The summed E-state index contributed by atoms with van der Waals surface area (Å²) in [6, 6.07) is 13.5. The van der Waals surface area contributed by atoms with Crippen molar-refractivity contribution in [2.45, 2.75) is 25.1 Å². The third-order valence-electron chi connectivity index (χ3n) is 4.45. The minimum atomic E-state index is -0.595. The SMILES string of the molecule is CN(C)Cc1cccc(C(=O)N2CC(O)CC2c2cccc(F)c2)c1. The highest BCUT2D eigenvalue weighted by Gasteiger charge is 2.35. The van der Waals surface area contributed by atoms with Crippen LogP contribution >= 0.6 is 0 Å². The van der Waals surface area contributed by atoms with Crippen LogP contribution in [0.15, 0.2) is 48.5 Å². The van der Waals surface area contributed by atoms with Crippen molar-refractivity contribution in [1.82, 2.24) is 9.80 Å². The summed E-state index contributed by atoms with van der Waals surface area (Å²) in [6.07, 6.45) is -0.172. The van der Waals surface area contributed by atoms with Gasteiger partial charge in [-0.05, 0) is 55.9 Å². The lowest BCUT2D eigenvalue weighted by Crippen LogP contribution is -2.32. The Labute approximate surface area is 147 Å².